The Bertz CT molecular complexity index is 407. The Morgan fingerprint density at radius 3 is 2.37 bits per heavy atom. The van der Waals surface area contributed by atoms with E-state index >= 15 is 0 Å². The number of ether oxygens (including phenoxy) is 2. The summed E-state index contributed by atoms with van der Waals surface area (Å²) in [5.74, 6) is 2.26. The van der Waals surface area contributed by atoms with Crippen molar-refractivity contribution in [3.8, 4) is 11.5 Å². The van der Waals surface area contributed by atoms with Crippen LogP contribution in [0.3, 0.4) is 0 Å². The van der Waals surface area contributed by atoms with Crippen molar-refractivity contribution in [3.63, 3.8) is 0 Å². The van der Waals surface area contributed by atoms with Crippen molar-refractivity contribution in [3.05, 3.63) is 22.2 Å². The summed E-state index contributed by atoms with van der Waals surface area (Å²) in [7, 11) is 3.36. The van der Waals surface area contributed by atoms with Gasteiger partial charge in [0, 0.05) is 11.6 Å². The molecule has 0 radical (unpaired) electrons. The van der Waals surface area contributed by atoms with Crippen LogP contribution >= 0.6 is 15.9 Å². The lowest BCUT2D eigenvalue weighted by Gasteiger charge is -2.23. The molecule has 1 unspecified atom stereocenters. The molecule has 1 atom stereocenters. The molecule has 0 spiro atoms. The van der Waals surface area contributed by atoms with Crippen LogP contribution in [0.4, 0.5) is 0 Å². The molecule has 0 aromatic heterocycles. The fourth-order valence-corrected chi connectivity index (χ4v) is 2.92. The van der Waals surface area contributed by atoms with Gasteiger partial charge in [0.05, 0.1) is 14.2 Å². The van der Waals surface area contributed by atoms with Crippen molar-refractivity contribution in [2.24, 2.45) is 5.92 Å². The molecule has 0 aliphatic heterocycles. The molecule has 0 bridgehead atoms. The van der Waals surface area contributed by atoms with E-state index in [2.05, 4.69) is 48.1 Å². The fraction of sp³-hybridized carbons (Fsp3) is 0.600. The number of halogens is 1. The molecule has 0 fully saturated rings. The van der Waals surface area contributed by atoms with Gasteiger partial charge in [0.15, 0.2) is 0 Å². The van der Waals surface area contributed by atoms with Gasteiger partial charge >= 0.3 is 0 Å². The van der Waals surface area contributed by atoms with Crippen LogP contribution in [0.5, 0.6) is 11.5 Å². The summed E-state index contributed by atoms with van der Waals surface area (Å²) in [5, 5.41) is 3.53. The molecule has 1 aromatic rings. The average molecular weight is 330 g/mol. The Morgan fingerprint density at radius 2 is 1.89 bits per heavy atom. The molecular formula is C15H24BrNO2. The first-order valence-corrected chi connectivity index (χ1v) is 7.48. The fourth-order valence-electron chi connectivity index (χ4n) is 2.23. The molecule has 0 aliphatic rings. The van der Waals surface area contributed by atoms with Crippen molar-refractivity contribution in [2.45, 2.75) is 33.2 Å². The van der Waals surface area contributed by atoms with Crippen LogP contribution in [0.25, 0.3) is 0 Å². The van der Waals surface area contributed by atoms with E-state index in [1.807, 2.05) is 6.07 Å². The molecular weight excluding hydrogens is 306 g/mol. The molecule has 19 heavy (non-hydrogen) atoms. The van der Waals surface area contributed by atoms with Crippen LogP contribution in [0.2, 0.25) is 0 Å². The zero-order chi connectivity index (χ0) is 14.4. The van der Waals surface area contributed by atoms with Crippen molar-refractivity contribution >= 4 is 15.9 Å². The first-order valence-electron chi connectivity index (χ1n) is 6.68. The van der Waals surface area contributed by atoms with Gasteiger partial charge in [-0.25, -0.2) is 0 Å². The smallest absolute Gasteiger partial charge is 0.141 e. The first-order chi connectivity index (χ1) is 9.04. The molecule has 3 nitrogen and oxygen atoms in total. The summed E-state index contributed by atoms with van der Waals surface area (Å²) in [4.78, 5) is 0. The maximum atomic E-state index is 5.56. The molecule has 0 heterocycles. The second kappa shape index (κ2) is 7.75. The normalized spacial score (nSPS) is 12.6. The van der Waals surface area contributed by atoms with Gasteiger partial charge in [-0.3, -0.25) is 0 Å². The van der Waals surface area contributed by atoms with Crippen molar-refractivity contribution < 1.29 is 9.47 Å². The highest BCUT2D eigenvalue weighted by Gasteiger charge is 2.20. The third-order valence-corrected chi connectivity index (χ3v) is 3.80. The van der Waals surface area contributed by atoms with Crippen LogP contribution in [-0.4, -0.2) is 20.8 Å². The third-order valence-electron chi connectivity index (χ3n) is 3.05. The van der Waals surface area contributed by atoms with Crippen LogP contribution in [0, 0.1) is 5.92 Å². The largest absolute Gasteiger partial charge is 0.495 e. The minimum absolute atomic E-state index is 0.294. The van der Waals surface area contributed by atoms with Crippen LogP contribution in [-0.2, 0) is 0 Å². The van der Waals surface area contributed by atoms with E-state index in [0.717, 1.165) is 28.9 Å². The highest BCUT2D eigenvalue weighted by Crippen LogP contribution is 2.40. The van der Waals surface area contributed by atoms with Crippen LogP contribution in [0.1, 0.15) is 38.8 Å². The second-order valence-corrected chi connectivity index (χ2v) is 5.74. The summed E-state index contributed by atoms with van der Waals surface area (Å²) in [6.45, 7) is 7.52. The monoisotopic (exact) mass is 329 g/mol. The van der Waals surface area contributed by atoms with Gasteiger partial charge < -0.3 is 14.8 Å². The number of rotatable bonds is 7. The van der Waals surface area contributed by atoms with Gasteiger partial charge in [0.25, 0.3) is 0 Å². The van der Waals surface area contributed by atoms with Crippen molar-refractivity contribution in [1.82, 2.24) is 5.32 Å². The third kappa shape index (κ3) is 4.11. The van der Waals surface area contributed by atoms with Gasteiger partial charge in [-0.2, -0.15) is 0 Å². The van der Waals surface area contributed by atoms with E-state index < -0.39 is 0 Å². The van der Waals surface area contributed by atoms with Gasteiger partial charge in [0.1, 0.15) is 16.0 Å². The van der Waals surface area contributed by atoms with Gasteiger partial charge in [0.2, 0.25) is 0 Å². The zero-order valence-corrected chi connectivity index (χ0v) is 14.0. The van der Waals surface area contributed by atoms with E-state index in [9.17, 15) is 0 Å². The van der Waals surface area contributed by atoms with E-state index in [-0.39, 0.29) is 0 Å². The zero-order valence-electron chi connectivity index (χ0n) is 12.4. The van der Waals surface area contributed by atoms with E-state index in [1.54, 1.807) is 14.2 Å². The van der Waals surface area contributed by atoms with Gasteiger partial charge in [-0.1, -0.05) is 20.8 Å². The maximum Gasteiger partial charge on any atom is 0.141 e. The summed E-state index contributed by atoms with van der Waals surface area (Å²) >= 11 is 3.56. The van der Waals surface area contributed by atoms with Gasteiger partial charge in [-0.15, -0.1) is 0 Å². The molecule has 1 N–H and O–H groups in total. The highest BCUT2D eigenvalue weighted by atomic mass is 79.9. The topological polar surface area (TPSA) is 30.5 Å². The molecule has 1 aromatic carbocycles. The van der Waals surface area contributed by atoms with E-state index in [1.165, 1.54) is 5.56 Å². The average Bonchev–Trinajstić information content (AvgIpc) is 2.37. The maximum absolute atomic E-state index is 5.56. The lowest BCUT2D eigenvalue weighted by atomic mass is 9.96. The van der Waals surface area contributed by atoms with Crippen LogP contribution in [0.15, 0.2) is 16.6 Å². The molecule has 1 rings (SSSR count). The molecule has 0 saturated carbocycles. The quantitative estimate of drug-likeness (QED) is 0.814. The van der Waals surface area contributed by atoms with Gasteiger partial charge in [-0.05, 0) is 46.9 Å². The SMILES string of the molecule is CCNC(CC(C)C)c1ccc(OC)c(Br)c1OC. The summed E-state index contributed by atoms with van der Waals surface area (Å²) in [6.07, 6.45) is 1.07. The summed E-state index contributed by atoms with van der Waals surface area (Å²) in [5.41, 5.74) is 1.17. The Labute approximate surface area is 124 Å². The minimum atomic E-state index is 0.294. The molecule has 108 valence electrons. The first kappa shape index (κ1) is 16.3. The lowest BCUT2D eigenvalue weighted by Crippen LogP contribution is -2.23. The lowest BCUT2D eigenvalue weighted by molar-refractivity contribution is 0.370. The number of hydrogen-bond acceptors (Lipinski definition) is 3. The molecule has 0 amide bonds. The minimum Gasteiger partial charge on any atom is -0.495 e. The number of nitrogens with one attached hydrogen (secondary N) is 1. The Balaban J connectivity index is 3.18. The molecule has 4 heteroatoms. The molecule has 0 aliphatic carbocycles. The summed E-state index contributed by atoms with van der Waals surface area (Å²) < 4.78 is 11.8. The van der Waals surface area contributed by atoms with E-state index in [0.29, 0.717) is 12.0 Å². The number of benzene rings is 1. The molecule has 0 saturated heterocycles. The standard InChI is InChI=1S/C15H24BrNO2/c1-6-17-12(9-10(2)3)11-7-8-13(18-4)14(16)15(11)19-5/h7-8,10,12,17H,6,9H2,1-5H3. The number of hydrogen-bond donors (Lipinski definition) is 1. The summed E-state index contributed by atoms with van der Waals surface area (Å²) in [6, 6.07) is 4.35. The Morgan fingerprint density at radius 1 is 1.21 bits per heavy atom. The Hall–Kier alpha value is -0.740. The highest BCUT2D eigenvalue weighted by molar-refractivity contribution is 9.10. The van der Waals surface area contributed by atoms with Crippen molar-refractivity contribution in [1.29, 1.82) is 0 Å². The second-order valence-electron chi connectivity index (χ2n) is 4.94. The predicted octanol–water partition coefficient (Wildman–Crippen LogP) is 4.16. The van der Waals surface area contributed by atoms with E-state index in [4.69, 9.17) is 9.47 Å². The van der Waals surface area contributed by atoms with Crippen LogP contribution < -0.4 is 14.8 Å². The number of methoxy groups -OCH3 is 2. The van der Waals surface area contributed by atoms with Crippen molar-refractivity contribution in [2.75, 3.05) is 20.8 Å². The Kier molecular flexibility index (Phi) is 6.66. The predicted molar refractivity (Wildman–Crippen MR) is 83.1 cm³/mol.